The summed E-state index contributed by atoms with van der Waals surface area (Å²) in [6, 6.07) is 9.20. The normalized spacial score (nSPS) is 24.6. The molecule has 2 heteroatoms. The smallest absolute Gasteiger partial charge is 0.119 e. The molecule has 0 heterocycles. The largest absolute Gasteiger partial charge is 0.497 e. The van der Waals surface area contributed by atoms with Crippen molar-refractivity contribution in [2.75, 3.05) is 14.2 Å². The number of ether oxygens (including phenoxy) is 1. The predicted octanol–water partition coefficient (Wildman–Crippen LogP) is 3.41. The van der Waals surface area contributed by atoms with Gasteiger partial charge in [0.2, 0.25) is 0 Å². The first kappa shape index (κ1) is 13.4. The van der Waals surface area contributed by atoms with E-state index >= 15 is 0 Å². The Hall–Kier alpha value is -1.02. The highest BCUT2D eigenvalue weighted by Gasteiger charge is 2.22. The van der Waals surface area contributed by atoms with Gasteiger partial charge in [-0.25, -0.2) is 0 Å². The lowest BCUT2D eigenvalue weighted by atomic mass is 9.88. The van der Waals surface area contributed by atoms with Crippen molar-refractivity contribution in [3.63, 3.8) is 0 Å². The number of hydrogen-bond donors (Lipinski definition) is 1. The van der Waals surface area contributed by atoms with Gasteiger partial charge in [-0.05, 0) is 49.9 Å². The zero-order chi connectivity index (χ0) is 12.8. The van der Waals surface area contributed by atoms with Gasteiger partial charge in [0, 0.05) is 6.04 Å². The molecule has 1 aromatic rings. The van der Waals surface area contributed by atoms with Crippen molar-refractivity contribution in [1.29, 1.82) is 0 Å². The molecule has 1 aromatic carbocycles. The fraction of sp³-hybridized carbons (Fsp3) is 0.625. The van der Waals surface area contributed by atoms with E-state index in [2.05, 4.69) is 30.6 Å². The average Bonchev–Trinajstić information content (AvgIpc) is 2.64. The molecule has 18 heavy (non-hydrogen) atoms. The number of benzene rings is 1. The van der Waals surface area contributed by atoms with Crippen LogP contribution in [-0.4, -0.2) is 20.2 Å². The first-order chi connectivity index (χ1) is 8.83. The molecule has 1 aliphatic rings. The van der Waals surface area contributed by atoms with Crippen LogP contribution in [0.3, 0.4) is 0 Å². The van der Waals surface area contributed by atoms with Crippen LogP contribution in [-0.2, 0) is 6.42 Å². The molecule has 2 rings (SSSR count). The zero-order valence-corrected chi connectivity index (χ0v) is 11.6. The molecule has 1 fully saturated rings. The molecule has 1 N–H and O–H groups in total. The molecule has 2 atom stereocenters. The molecule has 100 valence electrons. The zero-order valence-electron chi connectivity index (χ0n) is 11.6. The second-order valence-corrected chi connectivity index (χ2v) is 5.35. The Morgan fingerprint density at radius 3 is 2.83 bits per heavy atom. The van der Waals surface area contributed by atoms with Crippen LogP contribution in [0.1, 0.15) is 37.7 Å². The highest BCUT2D eigenvalue weighted by molar-refractivity contribution is 5.28. The van der Waals surface area contributed by atoms with Crippen LogP contribution >= 0.6 is 0 Å². The van der Waals surface area contributed by atoms with E-state index in [9.17, 15) is 0 Å². The molecular formula is C16H25NO. The number of hydrogen-bond acceptors (Lipinski definition) is 2. The van der Waals surface area contributed by atoms with Crippen molar-refractivity contribution in [2.24, 2.45) is 5.92 Å². The highest BCUT2D eigenvalue weighted by atomic mass is 16.5. The number of nitrogens with one attached hydrogen (secondary N) is 1. The summed E-state index contributed by atoms with van der Waals surface area (Å²) in [6.07, 6.45) is 8.00. The topological polar surface area (TPSA) is 21.3 Å². The van der Waals surface area contributed by atoms with Crippen LogP contribution in [0.4, 0.5) is 0 Å². The quantitative estimate of drug-likeness (QED) is 0.823. The van der Waals surface area contributed by atoms with E-state index in [4.69, 9.17) is 4.74 Å². The van der Waals surface area contributed by atoms with E-state index in [-0.39, 0.29) is 0 Å². The van der Waals surface area contributed by atoms with Gasteiger partial charge in [0.15, 0.2) is 0 Å². The monoisotopic (exact) mass is 247 g/mol. The predicted molar refractivity (Wildman–Crippen MR) is 76.1 cm³/mol. The van der Waals surface area contributed by atoms with E-state index in [1.165, 1.54) is 44.1 Å². The maximum atomic E-state index is 5.31. The summed E-state index contributed by atoms with van der Waals surface area (Å²) in [6.45, 7) is 0. The lowest BCUT2D eigenvalue weighted by Crippen LogP contribution is -2.33. The van der Waals surface area contributed by atoms with E-state index in [1.807, 2.05) is 6.07 Å². The summed E-state index contributed by atoms with van der Waals surface area (Å²) in [4.78, 5) is 0. The SMILES string of the molecule is CNC1CCCCCC1Cc1cccc(OC)c1. The molecule has 2 unspecified atom stereocenters. The summed E-state index contributed by atoms with van der Waals surface area (Å²) in [5.74, 6) is 1.74. The molecule has 0 aromatic heterocycles. The van der Waals surface area contributed by atoms with E-state index < -0.39 is 0 Å². The molecule has 2 nitrogen and oxygen atoms in total. The van der Waals surface area contributed by atoms with Crippen molar-refractivity contribution < 1.29 is 4.74 Å². The summed E-state index contributed by atoms with van der Waals surface area (Å²) in [5.41, 5.74) is 1.40. The van der Waals surface area contributed by atoms with Crippen LogP contribution in [0.15, 0.2) is 24.3 Å². The Morgan fingerprint density at radius 2 is 2.06 bits per heavy atom. The second kappa shape index (κ2) is 6.79. The first-order valence-corrected chi connectivity index (χ1v) is 7.13. The standard InChI is InChI=1S/C16H25NO/c1-17-16-10-5-3-4-8-14(16)11-13-7-6-9-15(12-13)18-2/h6-7,9,12,14,16-17H,3-5,8,10-11H2,1-2H3. The summed E-state index contributed by atoms with van der Waals surface area (Å²) in [7, 11) is 3.84. The minimum absolute atomic E-state index is 0.679. The lowest BCUT2D eigenvalue weighted by molar-refractivity contribution is 0.349. The molecule has 1 aliphatic carbocycles. The molecule has 0 spiro atoms. The van der Waals surface area contributed by atoms with Crippen molar-refractivity contribution in [3.8, 4) is 5.75 Å². The molecule has 0 amide bonds. The van der Waals surface area contributed by atoms with Gasteiger partial charge < -0.3 is 10.1 Å². The van der Waals surface area contributed by atoms with Gasteiger partial charge >= 0.3 is 0 Å². The van der Waals surface area contributed by atoms with Crippen molar-refractivity contribution in [2.45, 2.75) is 44.6 Å². The van der Waals surface area contributed by atoms with Crippen LogP contribution in [0, 0.1) is 5.92 Å². The maximum Gasteiger partial charge on any atom is 0.119 e. The fourth-order valence-electron chi connectivity index (χ4n) is 3.11. The summed E-state index contributed by atoms with van der Waals surface area (Å²) >= 11 is 0. The van der Waals surface area contributed by atoms with E-state index in [0.29, 0.717) is 6.04 Å². The molecular weight excluding hydrogens is 222 g/mol. The minimum atomic E-state index is 0.679. The first-order valence-electron chi connectivity index (χ1n) is 7.13. The van der Waals surface area contributed by atoms with Gasteiger partial charge in [-0.3, -0.25) is 0 Å². The van der Waals surface area contributed by atoms with Crippen LogP contribution < -0.4 is 10.1 Å². The van der Waals surface area contributed by atoms with Gasteiger partial charge in [-0.2, -0.15) is 0 Å². The van der Waals surface area contributed by atoms with E-state index in [1.54, 1.807) is 7.11 Å². The van der Waals surface area contributed by atoms with Crippen LogP contribution in [0.25, 0.3) is 0 Å². The molecule has 0 radical (unpaired) electrons. The Morgan fingerprint density at radius 1 is 1.22 bits per heavy atom. The van der Waals surface area contributed by atoms with Gasteiger partial charge in [-0.1, -0.05) is 31.4 Å². The second-order valence-electron chi connectivity index (χ2n) is 5.35. The van der Waals surface area contributed by atoms with Gasteiger partial charge in [0.1, 0.15) is 5.75 Å². The Kier molecular flexibility index (Phi) is 5.06. The van der Waals surface area contributed by atoms with Crippen molar-refractivity contribution >= 4 is 0 Å². The van der Waals surface area contributed by atoms with Crippen molar-refractivity contribution in [1.82, 2.24) is 5.32 Å². The third kappa shape index (κ3) is 3.49. The Bertz CT molecular complexity index is 364. The highest BCUT2D eigenvalue weighted by Crippen LogP contribution is 2.27. The molecule has 1 saturated carbocycles. The van der Waals surface area contributed by atoms with Crippen LogP contribution in [0.5, 0.6) is 5.75 Å². The fourth-order valence-corrected chi connectivity index (χ4v) is 3.11. The third-order valence-corrected chi connectivity index (χ3v) is 4.16. The number of methoxy groups -OCH3 is 1. The van der Waals surface area contributed by atoms with Gasteiger partial charge in [-0.15, -0.1) is 0 Å². The van der Waals surface area contributed by atoms with Crippen LogP contribution in [0.2, 0.25) is 0 Å². The van der Waals surface area contributed by atoms with Gasteiger partial charge in [0.05, 0.1) is 7.11 Å². The van der Waals surface area contributed by atoms with Gasteiger partial charge in [0.25, 0.3) is 0 Å². The molecule has 0 bridgehead atoms. The number of rotatable bonds is 4. The maximum absolute atomic E-state index is 5.31. The Labute approximate surface area is 111 Å². The molecule has 0 saturated heterocycles. The Balaban J connectivity index is 2.05. The van der Waals surface area contributed by atoms with E-state index in [0.717, 1.165) is 11.7 Å². The molecule has 0 aliphatic heterocycles. The third-order valence-electron chi connectivity index (χ3n) is 4.16. The lowest BCUT2D eigenvalue weighted by Gasteiger charge is -2.25. The minimum Gasteiger partial charge on any atom is -0.497 e. The van der Waals surface area contributed by atoms with Crippen molar-refractivity contribution in [3.05, 3.63) is 29.8 Å². The summed E-state index contributed by atoms with van der Waals surface area (Å²) in [5, 5.41) is 3.51. The summed E-state index contributed by atoms with van der Waals surface area (Å²) < 4.78 is 5.31. The average molecular weight is 247 g/mol.